The molecular formula is C32H34F3N5O7. The van der Waals surface area contributed by atoms with Gasteiger partial charge in [-0.1, -0.05) is 6.92 Å². The zero-order chi connectivity index (χ0) is 33.9. The molecule has 0 radical (unpaired) electrons. The van der Waals surface area contributed by atoms with Crippen molar-refractivity contribution in [2.75, 3.05) is 49.5 Å². The Kier molecular flexibility index (Phi) is 9.65. The molecule has 5 amide bonds. The molecule has 0 aromatic heterocycles. The molecule has 2 heterocycles. The van der Waals surface area contributed by atoms with E-state index in [2.05, 4.69) is 16.0 Å². The number of halogens is 3. The monoisotopic (exact) mass is 657 g/mol. The molecule has 2 aliphatic heterocycles. The lowest BCUT2D eigenvalue weighted by molar-refractivity contribution is -0.137. The van der Waals surface area contributed by atoms with Crippen LogP contribution in [0.2, 0.25) is 0 Å². The Hall–Kier alpha value is -5.18. The van der Waals surface area contributed by atoms with E-state index in [0.29, 0.717) is 17.2 Å². The Morgan fingerprint density at radius 3 is 2.26 bits per heavy atom. The summed E-state index contributed by atoms with van der Waals surface area (Å²) in [5, 5.41) is 17.8. The second-order valence-electron chi connectivity index (χ2n) is 11.4. The van der Waals surface area contributed by atoms with Crippen molar-refractivity contribution in [3.8, 4) is 17.2 Å². The molecular weight excluding hydrogens is 623 g/mol. The fraction of sp³-hybridized carbons (Fsp3) is 0.344. The molecule has 0 bridgehead atoms. The zero-order valence-corrected chi connectivity index (χ0v) is 25.8. The third-order valence-corrected chi connectivity index (χ3v) is 7.82. The van der Waals surface area contributed by atoms with Gasteiger partial charge in [0.05, 0.1) is 30.3 Å². The molecule has 47 heavy (non-hydrogen) atoms. The number of hydrogen-bond acceptors (Lipinski definition) is 7. The average Bonchev–Trinajstić information content (AvgIpc) is 3.50. The number of carbonyl (C=O) groups is 3. The summed E-state index contributed by atoms with van der Waals surface area (Å²) in [4.78, 5) is 42.4. The van der Waals surface area contributed by atoms with E-state index in [9.17, 15) is 32.7 Å². The summed E-state index contributed by atoms with van der Waals surface area (Å²) < 4.78 is 55.6. The number of hydrogen-bond donors (Lipinski definition) is 4. The number of carbonyl (C=O) groups excluding carboxylic acids is 3. The molecule has 0 spiro atoms. The number of amides is 5. The Morgan fingerprint density at radius 2 is 1.57 bits per heavy atom. The number of likely N-dealkylation sites (N-methyl/N-ethyl adjacent to an activating group) is 1. The molecule has 5 rings (SSSR count). The Labute approximate surface area is 268 Å². The SMILES string of the molecule is C[C@@H]1CN([C@@H](C)CO)C(=O)c2cc(NC(=O)Nc3ccc(C(F)(F)F)cc3)ccc2O[C@@H]1CN(C)C(=O)Nc1ccc2c(c1)OCO2. The average molecular weight is 658 g/mol. The van der Waals surface area contributed by atoms with Crippen molar-refractivity contribution in [1.29, 1.82) is 0 Å². The first-order valence-corrected chi connectivity index (χ1v) is 14.7. The van der Waals surface area contributed by atoms with Gasteiger partial charge in [0, 0.05) is 42.6 Å². The predicted octanol–water partition coefficient (Wildman–Crippen LogP) is 5.46. The minimum Gasteiger partial charge on any atom is -0.487 e. The molecule has 0 fully saturated rings. The highest BCUT2D eigenvalue weighted by Crippen LogP contribution is 2.35. The van der Waals surface area contributed by atoms with Crippen LogP contribution in [0.25, 0.3) is 0 Å². The lowest BCUT2D eigenvalue weighted by Crippen LogP contribution is -2.50. The number of rotatable bonds is 7. The molecule has 0 saturated heterocycles. The molecule has 2 aliphatic rings. The van der Waals surface area contributed by atoms with Crippen molar-refractivity contribution in [3.05, 3.63) is 71.8 Å². The topological polar surface area (TPSA) is 142 Å². The van der Waals surface area contributed by atoms with Gasteiger partial charge in [-0.2, -0.15) is 13.2 Å². The van der Waals surface area contributed by atoms with Gasteiger partial charge in [-0.3, -0.25) is 4.79 Å². The summed E-state index contributed by atoms with van der Waals surface area (Å²) in [5.74, 6) is 0.607. The quantitative estimate of drug-likeness (QED) is 0.264. The number of anilines is 3. The van der Waals surface area contributed by atoms with Gasteiger partial charge < -0.3 is 45.1 Å². The second-order valence-corrected chi connectivity index (χ2v) is 11.4. The van der Waals surface area contributed by atoms with Crippen molar-refractivity contribution in [3.63, 3.8) is 0 Å². The summed E-state index contributed by atoms with van der Waals surface area (Å²) in [6, 6.07) is 11.8. The molecule has 12 nitrogen and oxygen atoms in total. The van der Waals surface area contributed by atoms with Gasteiger partial charge in [-0.25, -0.2) is 9.59 Å². The highest BCUT2D eigenvalue weighted by atomic mass is 19.4. The minimum absolute atomic E-state index is 0.104. The third-order valence-electron chi connectivity index (χ3n) is 7.82. The van der Waals surface area contributed by atoms with E-state index in [1.165, 1.54) is 28.0 Å². The van der Waals surface area contributed by atoms with Gasteiger partial charge in [0.25, 0.3) is 5.91 Å². The number of alkyl halides is 3. The van der Waals surface area contributed by atoms with Crippen LogP contribution in [0.4, 0.5) is 39.8 Å². The van der Waals surface area contributed by atoms with Crippen molar-refractivity contribution >= 4 is 35.0 Å². The number of ether oxygens (including phenoxy) is 3. The molecule has 15 heteroatoms. The normalized spacial score (nSPS) is 17.9. The number of nitrogens with one attached hydrogen (secondary N) is 3. The van der Waals surface area contributed by atoms with Gasteiger partial charge in [0.1, 0.15) is 11.9 Å². The largest absolute Gasteiger partial charge is 0.487 e. The summed E-state index contributed by atoms with van der Waals surface area (Å²) >= 11 is 0. The van der Waals surface area contributed by atoms with Crippen LogP contribution in [-0.2, 0) is 6.18 Å². The van der Waals surface area contributed by atoms with Crippen molar-refractivity contribution in [2.45, 2.75) is 32.2 Å². The molecule has 0 unspecified atom stereocenters. The van der Waals surface area contributed by atoms with E-state index in [1.807, 2.05) is 6.92 Å². The number of nitrogens with zero attached hydrogens (tertiary/aromatic N) is 2. The molecule has 0 saturated carbocycles. The summed E-state index contributed by atoms with van der Waals surface area (Å²) in [5.41, 5.74) is 0.121. The summed E-state index contributed by atoms with van der Waals surface area (Å²) in [6.45, 7) is 3.73. The summed E-state index contributed by atoms with van der Waals surface area (Å²) in [6.07, 6.45) is -5.09. The molecule has 3 aromatic rings. The maximum atomic E-state index is 13.7. The first-order valence-electron chi connectivity index (χ1n) is 14.7. The van der Waals surface area contributed by atoms with Crippen LogP contribution in [0.3, 0.4) is 0 Å². The van der Waals surface area contributed by atoms with Gasteiger partial charge in [-0.15, -0.1) is 0 Å². The summed E-state index contributed by atoms with van der Waals surface area (Å²) in [7, 11) is 1.61. The van der Waals surface area contributed by atoms with E-state index in [1.54, 1.807) is 32.2 Å². The number of aliphatic hydroxyl groups is 1. The maximum Gasteiger partial charge on any atom is 0.416 e. The molecule has 250 valence electrons. The maximum absolute atomic E-state index is 13.7. The minimum atomic E-state index is -4.51. The number of aliphatic hydroxyl groups excluding tert-OH is 1. The molecule has 3 atom stereocenters. The lowest BCUT2D eigenvalue weighted by Gasteiger charge is -2.38. The van der Waals surface area contributed by atoms with Gasteiger partial charge in [-0.05, 0) is 61.5 Å². The van der Waals surface area contributed by atoms with Crippen LogP contribution in [0, 0.1) is 5.92 Å². The van der Waals surface area contributed by atoms with Crippen LogP contribution < -0.4 is 30.2 Å². The molecule has 0 aliphatic carbocycles. The fourth-order valence-electron chi connectivity index (χ4n) is 5.10. The van der Waals surface area contributed by atoms with Crippen LogP contribution in [0.1, 0.15) is 29.8 Å². The Morgan fingerprint density at radius 1 is 0.957 bits per heavy atom. The predicted molar refractivity (Wildman–Crippen MR) is 166 cm³/mol. The van der Waals surface area contributed by atoms with E-state index < -0.39 is 41.9 Å². The van der Waals surface area contributed by atoms with Crippen molar-refractivity contribution in [1.82, 2.24) is 9.80 Å². The van der Waals surface area contributed by atoms with Gasteiger partial charge in [0.2, 0.25) is 6.79 Å². The number of benzene rings is 3. The van der Waals surface area contributed by atoms with E-state index in [0.717, 1.165) is 24.3 Å². The first kappa shape index (κ1) is 33.2. The number of fused-ring (bicyclic) bond motifs is 2. The fourth-order valence-corrected chi connectivity index (χ4v) is 5.10. The van der Waals surface area contributed by atoms with E-state index in [-0.39, 0.29) is 55.1 Å². The van der Waals surface area contributed by atoms with Crippen LogP contribution in [-0.4, -0.2) is 78.6 Å². The highest BCUT2D eigenvalue weighted by Gasteiger charge is 2.34. The van der Waals surface area contributed by atoms with E-state index >= 15 is 0 Å². The smallest absolute Gasteiger partial charge is 0.416 e. The van der Waals surface area contributed by atoms with E-state index in [4.69, 9.17) is 14.2 Å². The van der Waals surface area contributed by atoms with Crippen LogP contribution >= 0.6 is 0 Å². The van der Waals surface area contributed by atoms with Crippen molar-refractivity contribution in [2.24, 2.45) is 5.92 Å². The van der Waals surface area contributed by atoms with Crippen molar-refractivity contribution < 1.29 is 46.9 Å². The standard InChI is InChI=1S/C32H34F3N5O7/c1-18-14-40(19(2)16-41)29(42)24-12-22(37-30(43)36-21-6-4-20(5-7-21)32(33,34)35)8-10-25(24)47-28(18)15-39(3)31(44)38-23-9-11-26-27(13-23)46-17-45-26/h4-13,18-19,28,41H,14-17H2,1-3H3,(H,38,44)(H2,36,37,43)/t18-,19+,28-/m1/s1. The lowest BCUT2D eigenvalue weighted by atomic mass is 9.99. The van der Waals surface area contributed by atoms with Gasteiger partial charge >= 0.3 is 18.2 Å². The highest BCUT2D eigenvalue weighted by molar-refractivity contribution is 6.02. The van der Waals surface area contributed by atoms with Crippen LogP contribution in [0.5, 0.6) is 17.2 Å². The zero-order valence-electron chi connectivity index (χ0n) is 25.8. The Bertz CT molecular complexity index is 1640. The molecule has 3 aromatic carbocycles. The second kappa shape index (κ2) is 13.7. The number of urea groups is 2. The Balaban J connectivity index is 1.31. The molecule has 4 N–H and O–H groups in total. The van der Waals surface area contributed by atoms with Crippen LogP contribution in [0.15, 0.2) is 60.7 Å². The third kappa shape index (κ3) is 7.80. The first-order chi connectivity index (χ1) is 22.3. The van der Waals surface area contributed by atoms with Gasteiger partial charge in [0.15, 0.2) is 11.5 Å².